The summed E-state index contributed by atoms with van der Waals surface area (Å²) in [4.78, 5) is 24.5. The minimum Gasteiger partial charge on any atom is -0.349 e. The Kier molecular flexibility index (Phi) is 4.92. The fraction of sp³-hybridized carbons (Fsp3) is 0.500. The van der Waals surface area contributed by atoms with E-state index in [9.17, 15) is 9.59 Å². The highest BCUT2D eigenvalue weighted by molar-refractivity contribution is 5.94. The number of aryl methyl sites for hydroxylation is 1. The van der Waals surface area contributed by atoms with Crippen molar-refractivity contribution in [3.8, 4) is 0 Å². The van der Waals surface area contributed by atoms with Crippen molar-refractivity contribution in [2.75, 3.05) is 0 Å². The van der Waals surface area contributed by atoms with E-state index < -0.39 is 0 Å². The van der Waals surface area contributed by atoms with Gasteiger partial charge in [0.25, 0.3) is 11.8 Å². The molecule has 4 rings (SSSR count). The molecule has 0 saturated heterocycles. The topological polar surface area (TPSA) is 88.9 Å². The van der Waals surface area contributed by atoms with Crippen molar-refractivity contribution in [1.82, 2.24) is 25.6 Å². The molecule has 1 heterocycles. The van der Waals surface area contributed by atoms with Gasteiger partial charge in [0, 0.05) is 17.6 Å². The van der Waals surface area contributed by atoms with Crippen molar-refractivity contribution in [2.24, 2.45) is 0 Å². The average molecular weight is 367 g/mol. The zero-order valence-electron chi connectivity index (χ0n) is 15.5. The predicted octanol–water partition coefficient (Wildman–Crippen LogP) is 2.39. The molecule has 0 bridgehead atoms. The molecule has 0 unspecified atom stereocenters. The van der Waals surface area contributed by atoms with Crippen LogP contribution in [-0.2, 0) is 0 Å². The molecule has 1 aromatic heterocycles. The fourth-order valence-electron chi connectivity index (χ4n) is 3.59. The Labute approximate surface area is 158 Å². The Morgan fingerprint density at radius 3 is 2.33 bits per heavy atom. The first-order chi connectivity index (χ1) is 13.1. The Morgan fingerprint density at radius 2 is 1.67 bits per heavy atom. The van der Waals surface area contributed by atoms with Gasteiger partial charge in [-0.05, 0) is 57.6 Å². The number of carbonyl (C=O) groups excluding carboxylic acids is 2. The molecule has 2 aromatic rings. The molecule has 7 nitrogen and oxygen atoms in total. The van der Waals surface area contributed by atoms with E-state index in [0.29, 0.717) is 17.3 Å². The lowest BCUT2D eigenvalue weighted by Gasteiger charge is -2.29. The highest BCUT2D eigenvalue weighted by atomic mass is 16.2. The van der Waals surface area contributed by atoms with E-state index in [2.05, 4.69) is 20.9 Å². The van der Waals surface area contributed by atoms with Crippen LogP contribution in [0.15, 0.2) is 30.5 Å². The van der Waals surface area contributed by atoms with Crippen LogP contribution in [0.1, 0.15) is 71.0 Å². The molecule has 2 amide bonds. The number of hydrogen-bond acceptors (Lipinski definition) is 4. The van der Waals surface area contributed by atoms with Crippen LogP contribution in [0.25, 0.3) is 0 Å². The number of hydrogen-bond donors (Lipinski definition) is 2. The number of nitrogens with zero attached hydrogens (tertiary/aromatic N) is 3. The molecule has 7 heteroatoms. The third kappa shape index (κ3) is 4.35. The standard InChI is InChI=1S/C20H25N5O2/c1-13-3-2-4-14(11-13)19(26)21-16-7-9-17(10-8-16)25-12-18(23-24-25)20(27)22-15-5-6-15/h2-4,11-12,15-17H,5-10H2,1H3,(H,21,26)(H,22,27). The minimum atomic E-state index is -0.136. The van der Waals surface area contributed by atoms with Gasteiger partial charge in [-0.1, -0.05) is 22.9 Å². The van der Waals surface area contributed by atoms with Crippen LogP contribution in [0.3, 0.4) is 0 Å². The van der Waals surface area contributed by atoms with Crippen molar-refractivity contribution in [2.45, 2.75) is 63.6 Å². The fourth-order valence-corrected chi connectivity index (χ4v) is 3.59. The first kappa shape index (κ1) is 17.7. The lowest BCUT2D eigenvalue weighted by atomic mass is 9.91. The van der Waals surface area contributed by atoms with Crippen LogP contribution >= 0.6 is 0 Å². The van der Waals surface area contributed by atoms with Crippen molar-refractivity contribution in [3.05, 3.63) is 47.3 Å². The molecule has 0 aliphatic heterocycles. The third-order valence-electron chi connectivity index (χ3n) is 5.34. The molecule has 2 fully saturated rings. The highest BCUT2D eigenvalue weighted by Gasteiger charge is 2.27. The molecule has 2 aliphatic carbocycles. The van der Waals surface area contributed by atoms with E-state index in [1.54, 1.807) is 10.9 Å². The first-order valence-electron chi connectivity index (χ1n) is 9.69. The first-order valence-corrected chi connectivity index (χ1v) is 9.69. The number of carbonyl (C=O) groups is 2. The van der Waals surface area contributed by atoms with Crippen LogP contribution in [0.5, 0.6) is 0 Å². The Morgan fingerprint density at radius 1 is 1.00 bits per heavy atom. The molecule has 0 radical (unpaired) electrons. The van der Waals surface area contributed by atoms with Crippen molar-refractivity contribution >= 4 is 11.8 Å². The van der Waals surface area contributed by atoms with E-state index in [0.717, 1.165) is 44.1 Å². The van der Waals surface area contributed by atoms with Gasteiger partial charge in [-0.15, -0.1) is 5.10 Å². The second-order valence-electron chi connectivity index (χ2n) is 7.68. The lowest BCUT2D eigenvalue weighted by Crippen LogP contribution is -2.38. The van der Waals surface area contributed by atoms with Crippen molar-refractivity contribution in [3.63, 3.8) is 0 Å². The minimum absolute atomic E-state index is 0.0121. The summed E-state index contributed by atoms with van der Waals surface area (Å²) in [5.74, 6) is -0.148. The summed E-state index contributed by atoms with van der Waals surface area (Å²) in [6.07, 6.45) is 7.46. The smallest absolute Gasteiger partial charge is 0.273 e. The maximum atomic E-state index is 12.4. The lowest BCUT2D eigenvalue weighted by molar-refractivity contribution is 0.0918. The summed E-state index contributed by atoms with van der Waals surface area (Å²) in [7, 11) is 0. The quantitative estimate of drug-likeness (QED) is 0.849. The van der Waals surface area contributed by atoms with Gasteiger partial charge < -0.3 is 10.6 Å². The van der Waals surface area contributed by atoms with Crippen LogP contribution in [0, 0.1) is 6.92 Å². The van der Waals surface area contributed by atoms with E-state index in [4.69, 9.17) is 0 Å². The molecule has 1 aromatic carbocycles. The Bertz CT molecular complexity index is 834. The van der Waals surface area contributed by atoms with Crippen LogP contribution in [-0.4, -0.2) is 38.9 Å². The van der Waals surface area contributed by atoms with Crippen molar-refractivity contribution in [1.29, 1.82) is 0 Å². The molecule has 0 atom stereocenters. The molecule has 2 N–H and O–H groups in total. The van der Waals surface area contributed by atoms with Crippen LogP contribution in [0.4, 0.5) is 0 Å². The zero-order valence-corrected chi connectivity index (χ0v) is 15.5. The summed E-state index contributed by atoms with van der Waals surface area (Å²) in [6, 6.07) is 8.36. The molecule has 142 valence electrons. The molecule has 0 spiro atoms. The average Bonchev–Trinajstić information content (AvgIpc) is 3.34. The number of nitrogens with one attached hydrogen (secondary N) is 2. The number of benzene rings is 1. The molecule has 2 aliphatic rings. The Balaban J connectivity index is 1.29. The van der Waals surface area contributed by atoms with Gasteiger partial charge in [0.1, 0.15) is 0 Å². The van der Waals surface area contributed by atoms with E-state index in [-0.39, 0.29) is 23.9 Å². The predicted molar refractivity (Wildman–Crippen MR) is 100 cm³/mol. The largest absolute Gasteiger partial charge is 0.349 e. The number of amides is 2. The number of rotatable bonds is 5. The van der Waals surface area contributed by atoms with Gasteiger partial charge in [0.05, 0.1) is 12.2 Å². The Hall–Kier alpha value is -2.70. The van der Waals surface area contributed by atoms with E-state index >= 15 is 0 Å². The van der Waals surface area contributed by atoms with Gasteiger partial charge >= 0.3 is 0 Å². The summed E-state index contributed by atoms with van der Waals surface area (Å²) >= 11 is 0. The van der Waals surface area contributed by atoms with Crippen LogP contribution < -0.4 is 10.6 Å². The number of aromatic nitrogens is 3. The molecule has 2 saturated carbocycles. The monoisotopic (exact) mass is 367 g/mol. The maximum absolute atomic E-state index is 12.4. The SMILES string of the molecule is Cc1cccc(C(=O)NC2CCC(n3cc(C(=O)NC4CC4)nn3)CC2)c1. The zero-order chi connectivity index (χ0) is 18.8. The van der Waals surface area contributed by atoms with Crippen LogP contribution in [0.2, 0.25) is 0 Å². The third-order valence-corrected chi connectivity index (χ3v) is 5.34. The second-order valence-corrected chi connectivity index (χ2v) is 7.68. The molecular weight excluding hydrogens is 342 g/mol. The van der Waals surface area contributed by atoms with E-state index in [1.807, 2.05) is 31.2 Å². The maximum Gasteiger partial charge on any atom is 0.273 e. The molecule has 27 heavy (non-hydrogen) atoms. The van der Waals surface area contributed by atoms with Gasteiger partial charge in [0.2, 0.25) is 0 Å². The summed E-state index contributed by atoms with van der Waals surface area (Å²) in [5, 5.41) is 14.2. The van der Waals surface area contributed by atoms with Crippen molar-refractivity contribution < 1.29 is 9.59 Å². The summed E-state index contributed by atoms with van der Waals surface area (Å²) in [6.45, 7) is 1.99. The summed E-state index contributed by atoms with van der Waals surface area (Å²) < 4.78 is 1.81. The van der Waals surface area contributed by atoms with Gasteiger partial charge in [-0.3, -0.25) is 9.59 Å². The molecular formula is C20H25N5O2. The van der Waals surface area contributed by atoms with E-state index in [1.165, 1.54) is 0 Å². The van der Waals surface area contributed by atoms with Gasteiger partial charge in [-0.2, -0.15) is 0 Å². The highest BCUT2D eigenvalue weighted by Crippen LogP contribution is 2.28. The summed E-state index contributed by atoms with van der Waals surface area (Å²) in [5.41, 5.74) is 2.18. The second kappa shape index (κ2) is 7.50. The van der Waals surface area contributed by atoms with Gasteiger partial charge in [0.15, 0.2) is 5.69 Å². The van der Waals surface area contributed by atoms with Gasteiger partial charge in [-0.25, -0.2) is 4.68 Å². The normalized spacial score (nSPS) is 22.3.